The number of carbonyl (C=O) groups is 2. The van der Waals surface area contributed by atoms with E-state index in [4.69, 9.17) is 4.42 Å². The van der Waals surface area contributed by atoms with E-state index in [0.717, 1.165) is 10.4 Å². The molecule has 0 radical (unpaired) electrons. The maximum Gasteiger partial charge on any atom is 0.290 e. The number of thiophene rings is 1. The van der Waals surface area contributed by atoms with Crippen LogP contribution in [0.4, 0.5) is 0 Å². The Balaban J connectivity index is 1.77. The molecule has 0 aliphatic rings. The lowest BCUT2D eigenvalue weighted by atomic mass is 10.2. The average molecular weight is 397 g/mol. The van der Waals surface area contributed by atoms with E-state index < -0.39 is 0 Å². The number of hydrogen-bond acceptors (Lipinski definition) is 4. The molecule has 0 aliphatic carbocycles. The summed E-state index contributed by atoms with van der Waals surface area (Å²) in [6.07, 6.45) is 1.46. The number of amides is 2. The zero-order valence-corrected chi connectivity index (χ0v) is 16.9. The first-order chi connectivity index (χ1) is 13.5. The lowest BCUT2D eigenvalue weighted by molar-refractivity contribution is -0.133. The topological polar surface area (TPSA) is 53.8 Å². The molecule has 1 aromatic carbocycles. The number of carbonyl (C=O) groups excluding carboxylic acids is 2. The second-order valence-corrected chi connectivity index (χ2v) is 7.85. The molecule has 3 aromatic rings. The number of nitrogens with zero attached hydrogens (tertiary/aromatic N) is 2. The van der Waals surface area contributed by atoms with Gasteiger partial charge in [0.1, 0.15) is 6.54 Å². The van der Waals surface area contributed by atoms with Gasteiger partial charge in [-0.15, -0.1) is 11.3 Å². The molecule has 0 atom stereocenters. The van der Waals surface area contributed by atoms with Crippen molar-refractivity contribution in [3.05, 3.63) is 82.4 Å². The van der Waals surface area contributed by atoms with Gasteiger partial charge < -0.3 is 14.2 Å². The summed E-state index contributed by atoms with van der Waals surface area (Å²) < 4.78 is 5.23. The fourth-order valence-corrected chi connectivity index (χ4v) is 3.62. The molecule has 2 aromatic heterocycles. The zero-order valence-electron chi connectivity index (χ0n) is 16.1. The van der Waals surface area contributed by atoms with E-state index in [9.17, 15) is 9.59 Å². The van der Waals surface area contributed by atoms with E-state index in [1.807, 2.05) is 61.7 Å². The van der Waals surface area contributed by atoms with Gasteiger partial charge in [-0.3, -0.25) is 9.59 Å². The molecule has 3 rings (SSSR count). The first-order valence-corrected chi connectivity index (χ1v) is 10.1. The van der Waals surface area contributed by atoms with Crippen molar-refractivity contribution in [2.24, 2.45) is 0 Å². The van der Waals surface area contributed by atoms with Gasteiger partial charge in [0.2, 0.25) is 5.91 Å². The molecule has 2 heterocycles. The Morgan fingerprint density at radius 3 is 2.39 bits per heavy atom. The van der Waals surface area contributed by atoms with Crippen LogP contribution in [0.1, 0.15) is 34.8 Å². The van der Waals surface area contributed by atoms with Crippen LogP contribution in [0.5, 0.6) is 0 Å². The lowest BCUT2D eigenvalue weighted by Crippen LogP contribution is -2.45. The molecule has 0 bridgehead atoms. The van der Waals surface area contributed by atoms with Crippen molar-refractivity contribution in [3.63, 3.8) is 0 Å². The molecule has 0 fully saturated rings. The van der Waals surface area contributed by atoms with Crippen LogP contribution < -0.4 is 0 Å². The summed E-state index contributed by atoms with van der Waals surface area (Å²) >= 11 is 1.62. The average Bonchev–Trinajstić information content (AvgIpc) is 3.39. The van der Waals surface area contributed by atoms with Crippen molar-refractivity contribution in [3.8, 4) is 0 Å². The maximum absolute atomic E-state index is 13.2. The van der Waals surface area contributed by atoms with Gasteiger partial charge in [-0.25, -0.2) is 0 Å². The largest absolute Gasteiger partial charge is 0.459 e. The van der Waals surface area contributed by atoms with Crippen LogP contribution in [0.15, 0.2) is 70.7 Å². The fraction of sp³-hybridized carbons (Fsp3) is 0.273. The quantitative estimate of drug-likeness (QED) is 0.566. The first kappa shape index (κ1) is 19.9. The molecule has 0 saturated heterocycles. The highest BCUT2D eigenvalue weighted by Gasteiger charge is 2.26. The SMILES string of the molecule is CC(C)N(CC(=O)N(Cc1ccccc1)Cc1cccs1)C(=O)c1ccco1. The third kappa shape index (κ3) is 5.10. The van der Waals surface area contributed by atoms with Crippen LogP contribution in [0.3, 0.4) is 0 Å². The van der Waals surface area contributed by atoms with Crippen molar-refractivity contribution in [1.29, 1.82) is 0 Å². The minimum atomic E-state index is -0.274. The predicted octanol–water partition coefficient (Wildman–Crippen LogP) is 4.42. The smallest absolute Gasteiger partial charge is 0.290 e. The normalized spacial score (nSPS) is 10.8. The molecule has 0 N–H and O–H groups in total. The van der Waals surface area contributed by atoms with E-state index in [2.05, 4.69) is 0 Å². The van der Waals surface area contributed by atoms with Crippen LogP contribution in [-0.4, -0.2) is 34.2 Å². The van der Waals surface area contributed by atoms with Gasteiger partial charge in [0.15, 0.2) is 5.76 Å². The molecule has 0 spiro atoms. The molecule has 28 heavy (non-hydrogen) atoms. The van der Waals surface area contributed by atoms with Crippen molar-refractivity contribution in [2.75, 3.05) is 6.54 Å². The van der Waals surface area contributed by atoms with Gasteiger partial charge in [-0.1, -0.05) is 36.4 Å². The highest BCUT2D eigenvalue weighted by Crippen LogP contribution is 2.16. The van der Waals surface area contributed by atoms with Crippen molar-refractivity contribution < 1.29 is 14.0 Å². The van der Waals surface area contributed by atoms with Crippen molar-refractivity contribution in [2.45, 2.75) is 33.0 Å². The lowest BCUT2D eigenvalue weighted by Gasteiger charge is -2.29. The summed E-state index contributed by atoms with van der Waals surface area (Å²) in [7, 11) is 0. The number of benzene rings is 1. The van der Waals surface area contributed by atoms with Gasteiger partial charge >= 0.3 is 0 Å². The minimum Gasteiger partial charge on any atom is -0.459 e. The Kier molecular flexibility index (Phi) is 6.66. The minimum absolute atomic E-state index is 0.00933. The predicted molar refractivity (Wildman–Crippen MR) is 110 cm³/mol. The Morgan fingerprint density at radius 2 is 1.79 bits per heavy atom. The highest BCUT2D eigenvalue weighted by atomic mass is 32.1. The molecule has 146 valence electrons. The maximum atomic E-state index is 13.2. The Bertz CT molecular complexity index is 874. The van der Waals surface area contributed by atoms with Crippen LogP contribution in [-0.2, 0) is 17.9 Å². The monoisotopic (exact) mass is 396 g/mol. The highest BCUT2D eigenvalue weighted by molar-refractivity contribution is 7.09. The van der Waals surface area contributed by atoms with E-state index in [0.29, 0.717) is 13.1 Å². The van der Waals surface area contributed by atoms with Gasteiger partial charge in [0.25, 0.3) is 5.91 Å². The van der Waals surface area contributed by atoms with Gasteiger partial charge in [-0.2, -0.15) is 0 Å². The Morgan fingerprint density at radius 1 is 1.00 bits per heavy atom. The summed E-state index contributed by atoms with van der Waals surface area (Å²) in [5, 5.41) is 2.00. The summed E-state index contributed by atoms with van der Waals surface area (Å²) in [4.78, 5) is 30.4. The van der Waals surface area contributed by atoms with Gasteiger partial charge in [0.05, 0.1) is 12.8 Å². The fourth-order valence-electron chi connectivity index (χ4n) is 2.90. The molecule has 0 saturated carbocycles. The molecule has 5 nitrogen and oxygen atoms in total. The Labute approximate surface area is 169 Å². The third-order valence-electron chi connectivity index (χ3n) is 4.42. The van der Waals surface area contributed by atoms with E-state index in [-0.39, 0.29) is 30.2 Å². The van der Waals surface area contributed by atoms with E-state index >= 15 is 0 Å². The van der Waals surface area contributed by atoms with Crippen LogP contribution in [0.2, 0.25) is 0 Å². The third-order valence-corrected chi connectivity index (χ3v) is 5.28. The van der Waals surface area contributed by atoms with Crippen molar-refractivity contribution in [1.82, 2.24) is 9.80 Å². The van der Waals surface area contributed by atoms with Crippen LogP contribution in [0.25, 0.3) is 0 Å². The molecule has 0 unspecified atom stereocenters. The second-order valence-electron chi connectivity index (χ2n) is 6.82. The van der Waals surface area contributed by atoms with Gasteiger partial charge in [-0.05, 0) is 43.0 Å². The molecular weight excluding hydrogens is 372 g/mol. The zero-order chi connectivity index (χ0) is 19.9. The summed E-state index contributed by atoms with van der Waals surface area (Å²) in [6, 6.07) is 17.1. The summed E-state index contributed by atoms with van der Waals surface area (Å²) in [6.45, 7) is 4.82. The molecular formula is C22H24N2O3S. The van der Waals surface area contributed by atoms with Gasteiger partial charge in [0, 0.05) is 17.5 Å². The molecule has 0 aliphatic heterocycles. The molecule has 2 amide bonds. The number of hydrogen-bond donors (Lipinski definition) is 0. The first-order valence-electron chi connectivity index (χ1n) is 9.23. The van der Waals surface area contributed by atoms with Crippen LogP contribution in [0, 0.1) is 0 Å². The second kappa shape index (κ2) is 9.37. The van der Waals surface area contributed by atoms with Crippen molar-refractivity contribution >= 4 is 23.2 Å². The van der Waals surface area contributed by atoms with E-state index in [1.165, 1.54) is 6.26 Å². The van der Waals surface area contributed by atoms with E-state index in [1.54, 1.807) is 33.3 Å². The summed E-state index contributed by atoms with van der Waals surface area (Å²) in [5.74, 6) is -0.121. The number of furan rings is 1. The number of rotatable bonds is 8. The van der Waals surface area contributed by atoms with Crippen LogP contribution >= 0.6 is 11.3 Å². The molecule has 6 heteroatoms. The standard InChI is InChI=1S/C22H24N2O3S/c1-17(2)24(22(26)20-11-6-12-27-20)16-21(25)23(15-19-10-7-13-28-19)14-18-8-4-3-5-9-18/h3-13,17H,14-16H2,1-2H3. The summed E-state index contributed by atoms with van der Waals surface area (Å²) in [5.41, 5.74) is 1.06. The Hall–Kier alpha value is -2.86.